The van der Waals surface area contributed by atoms with Gasteiger partial charge in [0.05, 0.1) is 63.6 Å². The van der Waals surface area contributed by atoms with Gasteiger partial charge >= 0.3 is 8.60 Å². The van der Waals surface area contributed by atoms with Crippen molar-refractivity contribution in [1.82, 2.24) is 0 Å². The summed E-state index contributed by atoms with van der Waals surface area (Å²) in [6.45, 7) is 15.4. The normalized spacial score (nSPS) is 18.6. The fourth-order valence-electron chi connectivity index (χ4n) is 1.89. The van der Waals surface area contributed by atoms with Crippen LogP contribution in [0, 0.1) is 5.92 Å². The fraction of sp³-hybridized carbons (Fsp3) is 1.00. The maximum Gasteiger partial charge on any atom is 0.333 e. The fourth-order valence-corrected chi connectivity index (χ4v) is 3.10. The highest BCUT2D eigenvalue weighted by Gasteiger charge is 2.23. The first-order chi connectivity index (χ1) is 13.1. The Balaban J connectivity index is 4.49. The summed E-state index contributed by atoms with van der Waals surface area (Å²) in [6.07, 6.45) is -1.77. The van der Waals surface area contributed by atoms with E-state index in [-0.39, 0.29) is 31.5 Å². The van der Waals surface area contributed by atoms with Crippen molar-refractivity contribution in [3.8, 4) is 0 Å². The van der Waals surface area contributed by atoms with Crippen LogP contribution in [0.4, 0.5) is 0 Å². The second-order valence-corrected chi connectivity index (χ2v) is 8.76. The maximum absolute atomic E-state index is 9.27. The topological polar surface area (TPSA) is 95.8 Å². The number of aliphatic hydroxyl groups is 2. The van der Waals surface area contributed by atoms with E-state index in [9.17, 15) is 10.2 Å². The van der Waals surface area contributed by atoms with Crippen LogP contribution in [-0.2, 0) is 27.8 Å². The Morgan fingerprint density at radius 1 is 0.536 bits per heavy atom. The van der Waals surface area contributed by atoms with E-state index in [0.717, 1.165) is 0 Å². The van der Waals surface area contributed by atoms with Crippen LogP contribution >= 0.6 is 8.60 Å². The van der Waals surface area contributed by atoms with E-state index in [1.807, 2.05) is 20.8 Å². The summed E-state index contributed by atoms with van der Waals surface area (Å²) < 4.78 is 34.1. The Morgan fingerprint density at radius 3 is 1.14 bits per heavy atom. The molecule has 2 N–H and O–H groups in total. The van der Waals surface area contributed by atoms with Gasteiger partial charge in [0.15, 0.2) is 0 Å². The minimum Gasteiger partial charge on any atom is -0.391 e. The number of rotatable bonds is 18. The van der Waals surface area contributed by atoms with Crippen molar-refractivity contribution < 1.29 is 38.0 Å². The number of hydrogen-bond acceptors (Lipinski definition) is 8. The van der Waals surface area contributed by atoms with Crippen LogP contribution in [0.25, 0.3) is 0 Å². The van der Waals surface area contributed by atoms with Gasteiger partial charge in [-0.25, -0.2) is 0 Å². The summed E-state index contributed by atoms with van der Waals surface area (Å²) in [4.78, 5) is 0. The van der Waals surface area contributed by atoms with E-state index in [4.69, 9.17) is 27.8 Å². The molecular weight excluding hydrogens is 387 g/mol. The summed E-state index contributed by atoms with van der Waals surface area (Å²) in [7, 11) is -1.64. The largest absolute Gasteiger partial charge is 0.391 e. The molecule has 0 bridgehead atoms. The molecule has 8 nitrogen and oxygen atoms in total. The van der Waals surface area contributed by atoms with Gasteiger partial charge in [0.1, 0.15) is 0 Å². The zero-order valence-electron chi connectivity index (χ0n) is 18.5. The third kappa shape index (κ3) is 18.2. The van der Waals surface area contributed by atoms with Crippen molar-refractivity contribution in [1.29, 1.82) is 0 Å². The third-order valence-electron chi connectivity index (χ3n) is 3.03. The molecule has 0 aliphatic carbocycles. The average molecular weight is 429 g/mol. The zero-order valence-corrected chi connectivity index (χ0v) is 19.4. The molecule has 0 amide bonds. The lowest BCUT2D eigenvalue weighted by molar-refractivity contribution is -0.0236. The number of hydrogen-bond donors (Lipinski definition) is 2. The first-order valence-electron chi connectivity index (χ1n) is 9.99. The minimum atomic E-state index is -1.64. The molecule has 5 atom stereocenters. The molecule has 0 rings (SSSR count). The van der Waals surface area contributed by atoms with Crippen LogP contribution < -0.4 is 0 Å². The van der Waals surface area contributed by atoms with Crippen LogP contribution in [0.2, 0.25) is 0 Å². The number of ether oxygens (including phenoxy) is 3. The molecule has 0 saturated heterocycles. The standard InChI is InChI=1S/C19H41O8P/c1-14(2)8-22-11-17(5)25-28(26-18(6)12-23-9-15(3)20)27-19(7)13-24-10-16(4)21/h14-21H,8-13H2,1-7H3. The van der Waals surface area contributed by atoms with Gasteiger partial charge in [-0.1, -0.05) is 13.8 Å². The van der Waals surface area contributed by atoms with Gasteiger partial charge in [-0.2, -0.15) is 0 Å². The summed E-state index contributed by atoms with van der Waals surface area (Å²) in [5, 5.41) is 18.5. The Kier molecular flexibility index (Phi) is 16.9. The quantitative estimate of drug-likeness (QED) is 0.322. The van der Waals surface area contributed by atoms with Crippen molar-refractivity contribution in [2.75, 3.05) is 39.6 Å². The molecule has 0 aliphatic heterocycles. The number of aliphatic hydroxyl groups excluding tert-OH is 2. The molecule has 0 radical (unpaired) electrons. The molecule has 0 aliphatic rings. The first kappa shape index (κ1) is 28.1. The monoisotopic (exact) mass is 428 g/mol. The van der Waals surface area contributed by atoms with Crippen molar-refractivity contribution in [2.24, 2.45) is 5.92 Å². The van der Waals surface area contributed by atoms with E-state index in [1.165, 1.54) is 0 Å². The van der Waals surface area contributed by atoms with Crippen LogP contribution in [0.15, 0.2) is 0 Å². The van der Waals surface area contributed by atoms with Crippen molar-refractivity contribution >= 4 is 8.60 Å². The lowest BCUT2D eigenvalue weighted by atomic mass is 10.2. The van der Waals surface area contributed by atoms with Gasteiger partial charge < -0.3 is 38.0 Å². The Hall–Kier alpha value is 0.110. The van der Waals surface area contributed by atoms with E-state index in [2.05, 4.69) is 13.8 Å². The molecule has 0 heterocycles. The molecule has 0 aromatic rings. The van der Waals surface area contributed by atoms with E-state index >= 15 is 0 Å². The highest BCUT2D eigenvalue weighted by atomic mass is 31.2. The van der Waals surface area contributed by atoms with E-state index < -0.39 is 20.8 Å². The molecular formula is C19H41O8P. The molecule has 0 fully saturated rings. The van der Waals surface area contributed by atoms with Crippen LogP contribution in [0.5, 0.6) is 0 Å². The summed E-state index contributed by atoms with van der Waals surface area (Å²) in [5.74, 6) is 0.457. The highest BCUT2D eigenvalue weighted by Crippen LogP contribution is 2.43. The van der Waals surface area contributed by atoms with Crippen molar-refractivity contribution in [3.63, 3.8) is 0 Å². The van der Waals surface area contributed by atoms with Gasteiger partial charge in [-0.05, 0) is 40.5 Å². The molecule has 5 unspecified atom stereocenters. The van der Waals surface area contributed by atoms with Crippen molar-refractivity contribution in [3.05, 3.63) is 0 Å². The molecule has 170 valence electrons. The van der Waals surface area contributed by atoms with Crippen LogP contribution in [0.1, 0.15) is 48.5 Å². The molecule has 0 aromatic heterocycles. The van der Waals surface area contributed by atoms with Gasteiger partial charge in [0.25, 0.3) is 0 Å². The summed E-state index contributed by atoms with van der Waals surface area (Å²) in [5.41, 5.74) is 0. The predicted molar refractivity (Wildman–Crippen MR) is 109 cm³/mol. The average Bonchev–Trinajstić information content (AvgIpc) is 2.53. The van der Waals surface area contributed by atoms with Crippen LogP contribution in [0.3, 0.4) is 0 Å². The highest BCUT2D eigenvalue weighted by molar-refractivity contribution is 7.41. The predicted octanol–water partition coefficient (Wildman–Crippen LogP) is 2.90. The van der Waals surface area contributed by atoms with E-state index in [0.29, 0.717) is 32.3 Å². The molecule has 0 aromatic carbocycles. The maximum atomic E-state index is 9.27. The van der Waals surface area contributed by atoms with Gasteiger partial charge in [0, 0.05) is 6.61 Å². The van der Waals surface area contributed by atoms with Crippen LogP contribution in [-0.4, -0.2) is 80.4 Å². The Bertz CT molecular complexity index is 305. The summed E-state index contributed by atoms with van der Waals surface area (Å²) >= 11 is 0. The van der Waals surface area contributed by atoms with Gasteiger partial charge in [0.2, 0.25) is 0 Å². The molecule has 28 heavy (non-hydrogen) atoms. The molecule has 0 spiro atoms. The third-order valence-corrected chi connectivity index (χ3v) is 4.62. The second-order valence-electron chi connectivity index (χ2n) is 7.68. The second kappa shape index (κ2) is 16.9. The smallest absolute Gasteiger partial charge is 0.333 e. The lowest BCUT2D eigenvalue weighted by Crippen LogP contribution is -2.24. The van der Waals surface area contributed by atoms with Crippen molar-refractivity contribution in [2.45, 2.75) is 79.0 Å². The Morgan fingerprint density at radius 2 is 0.857 bits per heavy atom. The zero-order chi connectivity index (χ0) is 21.5. The van der Waals surface area contributed by atoms with E-state index in [1.54, 1.807) is 13.8 Å². The molecule has 9 heteroatoms. The van der Waals surface area contributed by atoms with Gasteiger partial charge in [-0.3, -0.25) is 0 Å². The first-order valence-corrected chi connectivity index (χ1v) is 11.1. The Labute approximate surface area is 171 Å². The SMILES string of the molecule is CC(C)COCC(C)OP(OC(C)COCC(C)O)OC(C)COCC(C)O. The van der Waals surface area contributed by atoms with Gasteiger partial charge in [-0.15, -0.1) is 0 Å². The molecule has 0 saturated carbocycles. The summed E-state index contributed by atoms with van der Waals surface area (Å²) in [6, 6.07) is 0. The lowest BCUT2D eigenvalue weighted by Gasteiger charge is -2.26. The minimum absolute atomic E-state index is 0.193.